The molecular formula is C34H39F2N8O5+. The quantitative estimate of drug-likeness (QED) is 0.132. The van der Waals surface area contributed by atoms with Crippen LogP contribution in [0.3, 0.4) is 0 Å². The minimum absolute atomic E-state index is 0.217. The van der Waals surface area contributed by atoms with E-state index in [1.165, 1.54) is 49.3 Å². The SMILES string of the molecule is C[N+]1(CCCOc2ccc3nccc(C(=O)NCC(=O)N4CC(F)(F)C[C@H]4C(=O)C(=O)NCn4nnc5ccccc54)c3c2)CCCCC1. The molecular weight excluding hydrogens is 638 g/mol. The fourth-order valence-corrected chi connectivity index (χ4v) is 6.63. The number of pyridine rings is 1. The number of rotatable bonds is 12. The summed E-state index contributed by atoms with van der Waals surface area (Å²) in [6, 6.07) is 12.0. The second-order valence-corrected chi connectivity index (χ2v) is 13.0. The number of alkyl halides is 2. The molecule has 4 heterocycles. The molecule has 2 aromatic heterocycles. The lowest BCUT2D eigenvalue weighted by molar-refractivity contribution is -0.914. The van der Waals surface area contributed by atoms with Crippen molar-refractivity contribution >= 4 is 45.4 Å². The standard InChI is InChI=1S/C34H38F2N8O5/c1-44(14-5-2-6-15-44)16-7-17-49-23-10-11-26-25(18-23)24(12-13-37-26)32(47)38-20-30(45)42-21-34(35,36)19-29(42)31(46)33(48)39-22-43-28-9-4-3-8-27(28)40-41-43/h3-4,8-13,18,29H,2,5-7,14-17,19-22H2,1H3,(H-,38,39,47,48)/p+1/t29-/m0/s1. The van der Waals surface area contributed by atoms with Crippen LogP contribution in [-0.4, -0.2) is 111 Å². The van der Waals surface area contributed by atoms with Gasteiger partial charge in [0.2, 0.25) is 11.7 Å². The lowest BCUT2D eigenvalue weighted by atomic mass is 10.1. The van der Waals surface area contributed by atoms with Gasteiger partial charge in [0.1, 0.15) is 24.0 Å². The first-order valence-electron chi connectivity index (χ1n) is 16.4. The number of amides is 3. The lowest BCUT2D eigenvalue weighted by Gasteiger charge is -2.37. The molecule has 0 spiro atoms. The first-order chi connectivity index (χ1) is 23.5. The normalized spacial score (nSPS) is 18.3. The van der Waals surface area contributed by atoms with E-state index in [2.05, 4.69) is 33.0 Å². The van der Waals surface area contributed by atoms with E-state index in [4.69, 9.17) is 4.74 Å². The minimum atomic E-state index is -3.40. The van der Waals surface area contributed by atoms with Crippen molar-refractivity contribution < 1.29 is 37.2 Å². The summed E-state index contributed by atoms with van der Waals surface area (Å²) in [7, 11) is 2.28. The van der Waals surface area contributed by atoms with Crippen molar-refractivity contribution in [2.24, 2.45) is 0 Å². The second kappa shape index (κ2) is 14.2. The number of ether oxygens (including phenoxy) is 1. The van der Waals surface area contributed by atoms with Gasteiger partial charge in [-0.15, -0.1) is 5.10 Å². The van der Waals surface area contributed by atoms with Gasteiger partial charge in [0.05, 0.1) is 63.0 Å². The number of likely N-dealkylation sites (tertiary alicyclic amines) is 2. The molecule has 3 amide bonds. The van der Waals surface area contributed by atoms with Gasteiger partial charge in [-0.05, 0) is 55.7 Å². The number of ketones is 1. The number of carbonyl (C=O) groups is 4. The van der Waals surface area contributed by atoms with E-state index in [1.54, 1.807) is 42.5 Å². The number of hydrogen-bond acceptors (Lipinski definition) is 8. The highest BCUT2D eigenvalue weighted by molar-refractivity contribution is 6.38. The van der Waals surface area contributed by atoms with E-state index >= 15 is 0 Å². The molecule has 0 unspecified atom stereocenters. The summed E-state index contributed by atoms with van der Waals surface area (Å²) in [5.41, 5.74) is 1.92. The molecule has 0 bridgehead atoms. The van der Waals surface area contributed by atoms with Crippen molar-refractivity contribution in [1.82, 2.24) is 35.5 Å². The van der Waals surface area contributed by atoms with Crippen LogP contribution in [0.5, 0.6) is 5.75 Å². The predicted octanol–water partition coefficient (Wildman–Crippen LogP) is 2.69. The van der Waals surface area contributed by atoms with Crippen LogP contribution in [0, 0.1) is 0 Å². The number of Topliss-reactive ketones (excluding diaryl/α,β-unsaturated/α-hetero) is 1. The summed E-state index contributed by atoms with van der Waals surface area (Å²) in [5.74, 6) is -6.72. The number of carbonyl (C=O) groups excluding carboxylic acids is 4. The number of quaternary nitrogens is 1. The van der Waals surface area contributed by atoms with Crippen molar-refractivity contribution in [2.75, 3.05) is 46.4 Å². The maximum absolute atomic E-state index is 14.5. The Kier molecular flexibility index (Phi) is 9.81. The molecule has 2 aliphatic rings. The number of halogens is 2. The Morgan fingerprint density at radius 1 is 1.02 bits per heavy atom. The lowest BCUT2D eigenvalue weighted by Crippen LogP contribution is -2.49. The van der Waals surface area contributed by atoms with Gasteiger partial charge in [-0.1, -0.05) is 17.3 Å². The first-order valence-corrected chi connectivity index (χ1v) is 16.4. The van der Waals surface area contributed by atoms with Gasteiger partial charge in [-0.2, -0.15) is 0 Å². The summed E-state index contributed by atoms with van der Waals surface area (Å²) in [6.07, 6.45) is 5.11. The zero-order valence-electron chi connectivity index (χ0n) is 27.2. The van der Waals surface area contributed by atoms with Crippen molar-refractivity contribution in [3.05, 3.63) is 60.3 Å². The molecule has 2 aromatic carbocycles. The van der Waals surface area contributed by atoms with Gasteiger partial charge in [-0.3, -0.25) is 24.2 Å². The van der Waals surface area contributed by atoms with Crippen LogP contribution < -0.4 is 15.4 Å². The minimum Gasteiger partial charge on any atom is -0.493 e. The third kappa shape index (κ3) is 7.82. The molecule has 2 aliphatic heterocycles. The van der Waals surface area contributed by atoms with Gasteiger partial charge < -0.3 is 24.8 Å². The van der Waals surface area contributed by atoms with E-state index in [0.717, 1.165) is 17.4 Å². The smallest absolute Gasteiger partial charge is 0.291 e. The average Bonchev–Trinajstić information content (AvgIpc) is 3.67. The molecule has 1 atom stereocenters. The molecule has 0 aliphatic carbocycles. The van der Waals surface area contributed by atoms with Gasteiger partial charge in [-0.25, -0.2) is 13.5 Å². The molecule has 2 N–H and O–H groups in total. The highest BCUT2D eigenvalue weighted by Gasteiger charge is 2.51. The van der Waals surface area contributed by atoms with Crippen molar-refractivity contribution in [2.45, 2.75) is 50.7 Å². The Morgan fingerprint density at radius 3 is 2.63 bits per heavy atom. The largest absolute Gasteiger partial charge is 0.493 e. The monoisotopic (exact) mass is 677 g/mol. The summed E-state index contributed by atoms with van der Waals surface area (Å²) in [6.45, 7) is 1.94. The van der Waals surface area contributed by atoms with Crippen molar-refractivity contribution in [3.8, 4) is 5.75 Å². The predicted molar refractivity (Wildman–Crippen MR) is 175 cm³/mol. The molecule has 258 valence electrons. The third-order valence-corrected chi connectivity index (χ3v) is 9.29. The molecule has 6 rings (SSSR count). The highest BCUT2D eigenvalue weighted by atomic mass is 19.3. The maximum Gasteiger partial charge on any atom is 0.291 e. The number of nitrogens with one attached hydrogen (secondary N) is 2. The Labute approximate surface area is 281 Å². The van der Waals surface area contributed by atoms with E-state index in [0.29, 0.717) is 39.2 Å². The fourth-order valence-electron chi connectivity index (χ4n) is 6.63. The Balaban J connectivity index is 1.06. The van der Waals surface area contributed by atoms with E-state index < -0.39 is 55.0 Å². The van der Waals surface area contributed by atoms with Crippen molar-refractivity contribution in [1.29, 1.82) is 0 Å². The summed E-state index contributed by atoms with van der Waals surface area (Å²) >= 11 is 0. The molecule has 0 radical (unpaired) electrons. The molecule has 4 aromatic rings. The Morgan fingerprint density at radius 2 is 1.82 bits per heavy atom. The van der Waals surface area contributed by atoms with Crippen LogP contribution in [0.2, 0.25) is 0 Å². The van der Waals surface area contributed by atoms with Crippen LogP contribution in [0.4, 0.5) is 8.78 Å². The topological polar surface area (TPSA) is 148 Å². The Bertz CT molecular complexity index is 1880. The molecule has 2 fully saturated rings. The number of hydrogen-bond donors (Lipinski definition) is 2. The number of aromatic nitrogens is 4. The van der Waals surface area contributed by atoms with Crippen LogP contribution >= 0.6 is 0 Å². The zero-order chi connectivity index (χ0) is 34.6. The molecule has 15 heteroatoms. The number of piperidine rings is 1. The van der Waals surface area contributed by atoms with Crippen LogP contribution in [0.1, 0.15) is 42.5 Å². The fraction of sp³-hybridized carbons (Fsp3) is 0.441. The molecule has 0 saturated carbocycles. The van der Waals surface area contributed by atoms with Crippen molar-refractivity contribution in [3.63, 3.8) is 0 Å². The maximum atomic E-state index is 14.5. The van der Waals surface area contributed by atoms with Gasteiger partial charge >= 0.3 is 0 Å². The zero-order valence-corrected chi connectivity index (χ0v) is 27.2. The molecule has 2 saturated heterocycles. The van der Waals surface area contributed by atoms with Crippen LogP contribution in [0.15, 0.2) is 54.7 Å². The number of fused-ring (bicyclic) bond motifs is 2. The molecule has 13 nitrogen and oxygen atoms in total. The number of para-hydroxylation sites is 1. The van der Waals surface area contributed by atoms with Crippen LogP contribution in [-0.2, 0) is 21.1 Å². The highest BCUT2D eigenvalue weighted by Crippen LogP contribution is 2.32. The summed E-state index contributed by atoms with van der Waals surface area (Å²) in [5, 5.41) is 13.2. The van der Waals surface area contributed by atoms with Gasteiger partial charge in [0, 0.05) is 24.4 Å². The first kappa shape index (κ1) is 33.8. The van der Waals surface area contributed by atoms with E-state index in [-0.39, 0.29) is 12.2 Å². The second-order valence-electron chi connectivity index (χ2n) is 13.0. The number of nitrogens with zero attached hydrogens (tertiary/aromatic N) is 6. The van der Waals surface area contributed by atoms with E-state index in [1.807, 2.05) is 0 Å². The number of benzene rings is 2. The summed E-state index contributed by atoms with van der Waals surface area (Å²) < 4.78 is 37.4. The third-order valence-electron chi connectivity index (χ3n) is 9.29. The van der Waals surface area contributed by atoms with E-state index in [9.17, 15) is 28.0 Å². The van der Waals surface area contributed by atoms with Crippen LogP contribution in [0.25, 0.3) is 21.9 Å². The Hall–Kier alpha value is -5.05. The summed E-state index contributed by atoms with van der Waals surface area (Å²) in [4.78, 5) is 57.1. The van der Waals surface area contributed by atoms with Gasteiger partial charge in [0.15, 0.2) is 0 Å². The van der Waals surface area contributed by atoms with Gasteiger partial charge in [0.25, 0.3) is 17.7 Å². The molecule has 49 heavy (non-hydrogen) atoms. The average molecular weight is 678 g/mol.